The fraction of sp³-hybridized carbons (Fsp3) is 0.263. The summed E-state index contributed by atoms with van der Waals surface area (Å²) in [6.07, 6.45) is -0.443. The fourth-order valence-electron chi connectivity index (χ4n) is 2.47. The van der Waals surface area contributed by atoms with E-state index in [9.17, 15) is 9.59 Å². The largest absolute Gasteiger partial charge is 0.481 e. The Balaban J connectivity index is 2.16. The summed E-state index contributed by atoms with van der Waals surface area (Å²) in [4.78, 5) is 25.0. The van der Waals surface area contributed by atoms with Crippen LogP contribution in [0.2, 0.25) is 0 Å². The molecule has 1 N–H and O–H groups in total. The molecule has 4 nitrogen and oxygen atoms in total. The number of nitrogens with zero attached hydrogens (tertiary/aromatic N) is 1. The zero-order chi connectivity index (χ0) is 16.7. The van der Waals surface area contributed by atoms with Gasteiger partial charge in [0.2, 0.25) is 0 Å². The van der Waals surface area contributed by atoms with E-state index in [2.05, 4.69) is 0 Å². The van der Waals surface area contributed by atoms with E-state index in [0.717, 1.165) is 11.1 Å². The minimum atomic E-state index is -1.08. The SMILES string of the molecule is C[C@@H](C(=O)CC(=O)O)N(Cc1ccccc1)Cc1ccccc1. The Morgan fingerprint density at radius 2 is 1.35 bits per heavy atom. The van der Waals surface area contributed by atoms with Gasteiger partial charge in [0.1, 0.15) is 6.42 Å². The van der Waals surface area contributed by atoms with Gasteiger partial charge in [0.25, 0.3) is 0 Å². The van der Waals surface area contributed by atoms with Crippen LogP contribution in [0.4, 0.5) is 0 Å². The highest BCUT2D eigenvalue weighted by Gasteiger charge is 2.23. The third-order valence-corrected chi connectivity index (χ3v) is 3.80. The minimum Gasteiger partial charge on any atom is -0.481 e. The second kappa shape index (κ2) is 8.25. The van der Waals surface area contributed by atoms with Crippen molar-refractivity contribution >= 4 is 11.8 Å². The van der Waals surface area contributed by atoms with Gasteiger partial charge in [-0.05, 0) is 18.1 Å². The lowest BCUT2D eigenvalue weighted by Crippen LogP contribution is -2.38. The van der Waals surface area contributed by atoms with Gasteiger partial charge in [-0.2, -0.15) is 0 Å². The van der Waals surface area contributed by atoms with Crippen LogP contribution in [-0.4, -0.2) is 27.8 Å². The maximum Gasteiger partial charge on any atom is 0.310 e. The summed E-state index contributed by atoms with van der Waals surface area (Å²) in [6.45, 7) is 2.97. The summed E-state index contributed by atoms with van der Waals surface area (Å²) in [7, 11) is 0. The van der Waals surface area contributed by atoms with Crippen LogP contribution in [0.1, 0.15) is 24.5 Å². The van der Waals surface area contributed by atoms with Crippen LogP contribution in [0.3, 0.4) is 0 Å². The van der Waals surface area contributed by atoms with Crippen LogP contribution >= 0.6 is 0 Å². The zero-order valence-corrected chi connectivity index (χ0v) is 13.2. The highest BCUT2D eigenvalue weighted by Crippen LogP contribution is 2.15. The molecule has 2 rings (SSSR count). The molecule has 0 radical (unpaired) electrons. The molecule has 0 amide bonds. The van der Waals surface area contributed by atoms with Gasteiger partial charge in [-0.25, -0.2) is 0 Å². The van der Waals surface area contributed by atoms with Crippen LogP contribution in [0.15, 0.2) is 60.7 Å². The molecule has 23 heavy (non-hydrogen) atoms. The van der Waals surface area contributed by atoms with Crippen molar-refractivity contribution in [2.75, 3.05) is 0 Å². The quantitative estimate of drug-likeness (QED) is 0.761. The first kappa shape index (κ1) is 16.9. The summed E-state index contributed by atoms with van der Waals surface area (Å²) in [5.41, 5.74) is 2.19. The molecule has 0 spiro atoms. The van der Waals surface area contributed by atoms with Gasteiger partial charge in [-0.1, -0.05) is 60.7 Å². The van der Waals surface area contributed by atoms with E-state index >= 15 is 0 Å². The lowest BCUT2D eigenvalue weighted by atomic mass is 10.1. The molecular weight excluding hydrogens is 290 g/mol. The highest BCUT2D eigenvalue weighted by atomic mass is 16.4. The van der Waals surface area contributed by atoms with Gasteiger partial charge in [0, 0.05) is 13.1 Å². The summed E-state index contributed by atoms with van der Waals surface area (Å²) in [5, 5.41) is 8.85. The second-order valence-corrected chi connectivity index (χ2v) is 5.59. The lowest BCUT2D eigenvalue weighted by molar-refractivity contribution is -0.141. The van der Waals surface area contributed by atoms with Gasteiger partial charge in [0.15, 0.2) is 5.78 Å². The minimum absolute atomic E-state index is 0.274. The average Bonchev–Trinajstić information content (AvgIpc) is 2.55. The summed E-state index contributed by atoms with van der Waals surface area (Å²) >= 11 is 0. The van der Waals surface area contributed by atoms with Gasteiger partial charge in [-0.3, -0.25) is 14.5 Å². The number of hydrogen-bond donors (Lipinski definition) is 1. The van der Waals surface area contributed by atoms with E-state index in [-0.39, 0.29) is 5.78 Å². The first-order valence-corrected chi connectivity index (χ1v) is 7.62. The summed E-state index contributed by atoms with van der Waals surface area (Å²) in [5.74, 6) is -1.36. The van der Waals surface area contributed by atoms with Crippen molar-refractivity contribution in [2.45, 2.75) is 32.5 Å². The average molecular weight is 311 g/mol. The van der Waals surface area contributed by atoms with Crippen molar-refractivity contribution in [2.24, 2.45) is 0 Å². The number of carbonyl (C=O) groups excluding carboxylic acids is 1. The lowest BCUT2D eigenvalue weighted by Gasteiger charge is -2.28. The number of carbonyl (C=O) groups is 2. The number of Topliss-reactive ketones (excluding diaryl/α,β-unsaturated/α-hetero) is 1. The Morgan fingerprint density at radius 3 is 1.74 bits per heavy atom. The number of aliphatic carboxylic acids is 1. The van der Waals surface area contributed by atoms with E-state index in [1.165, 1.54) is 0 Å². The number of carboxylic acids is 1. The number of rotatable bonds is 8. The normalized spacial score (nSPS) is 12.1. The molecule has 4 heteroatoms. The Kier molecular flexibility index (Phi) is 6.06. The van der Waals surface area contributed by atoms with Crippen molar-refractivity contribution in [3.8, 4) is 0 Å². The van der Waals surface area contributed by atoms with Crippen molar-refractivity contribution in [1.82, 2.24) is 4.90 Å². The predicted molar refractivity (Wildman–Crippen MR) is 88.9 cm³/mol. The van der Waals surface area contributed by atoms with E-state index in [4.69, 9.17) is 5.11 Å². The maximum absolute atomic E-state index is 12.2. The number of ketones is 1. The monoisotopic (exact) mass is 311 g/mol. The third-order valence-electron chi connectivity index (χ3n) is 3.80. The van der Waals surface area contributed by atoms with E-state index in [1.54, 1.807) is 6.92 Å². The molecule has 120 valence electrons. The molecular formula is C19H21NO3. The molecule has 0 bridgehead atoms. The molecule has 0 heterocycles. The van der Waals surface area contributed by atoms with Gasteiger partial charge in [0.05, 0.1) is 6.04 Å². The molecule has 0 fully saturated rings. The molecule has 2 aromatic carbocycles. The highest BCUT2D eigenvalue weighted by molar-refractivity contribution is 5.97. The molecule has 0 aliphatic carbocycles. The van der Waals surface area contributed by atoms with Crippen LogP contribution in [-0.2, 0) is 22.7 Å². The molecule has 0 aromatic heterocycles. The number of benzene rings is 2. The van der Waals surface area contributed by atoms with E-state index in [0.29, 0.717) is 13.1 Å². The molecule has 0 saturated carbocycles. The first-order chi connectivity index (χ1) is 11.1. The molecule has 0 aliphatic rings. The maximum atomic E-state index is 12.2. The molecule has 0 unspecified atom stereocenters. The summed E-state index contributed by atoms with van der Waals surface area (Å²) in [6, 6.07) is 19.3. The van der Waals surface area contributed by atoms with Crippen LogP contribution in [0.25, 0.3) is 0 Å². The Hall–Kier alpha value is -2.46. The van der Waals surface area contributed by atoms with Crippen molar-refractivity contribution in [3.05, 3.63) is 71.8 Å². The second-order valence-electron chi connectivity index (χ2n) is 5.59. The fourth-order valence-corrected chi connectivity index (χ4v) is 2.47. The third kappa shape index (κ3) is 5.34. The zero-order valence-electron chi connectivity index (χ0n) is 13.2. The Bertz CT molecular complexity index is 599. The van der Waals surface area contributed by atoms with Crippen molar-refractivity contribution < 1.29 is 14.7 Å². The van der Waals surface area contributed by atoms with Gasteiger partial charge in [-0.15, -0.1) is 0 Å². The van der Waals surface area contributed by atoms with Crippen LogP contribution in [0, 0.1) is 0 Å². The molecule has 1 atom stereocenters. The number of carboxylic acid groups (broad SMARTS) is 1. The Morgan fingerprint density at radius 1 is 0.913 bits per heavy atom. The van der Waals surface area contributed by atoms with E-state index in [1.807, 2.05) is 65.6 Å². The molecule has 0 aliphatic heterocycles. The Labute approximate surface area is 136 Å². The van der Waals surface area contributed by atoms with Crippen molar-refractivity contribution in [1.29, 1.82) is 0 Å². The standard InChI is InChI=1S/C19H21NO3/c1-15(18(21)12-19(22)23)20(13-16-8-4-2-5-9-16)14-17-10-6-3-7-11-17/h2-11,15H,12-14H2,1H3,(H,22,23)/t15-/m0/s1. The molecule has 0 saturated heterocycles. The first-order valence-electron chi connectivity index (χ1n) is 7.62. The predicted octanol–water partition coefficient (Wildman–Crippen LogP) is 3.12. The molecule has 2 aromatic rings. The van der Waals surface area contributed by atoms with Crippen LogP contribution < -0.4 is 0 Å². The number of hydrogen-bond acceptors (Lipinski definition) is 3. The van der Waals surface area contributed by atoms with Gasteiger partial charge < -0.3 is 5.11 Å². The van der Waals surface area contributed by atoms with E-state index < -0.39 is 18.4 Å². The summed E-state index contributed by atoms with van der Waals surface area (Å²) < 4.78 is 0. The van der Waals surface area contributed by atoms with Gasteiger partial charge >= 0.3 is 5.97 Å². The van der Waals surface area contributed by atoms with Crippen molar-refractivity contribution in [3.63, 3.8) is 0 Å². The topological polar surface area (TPSA) is 57.6 Å². The smallest absolute Gasteiger partial charge is 0.310 e. The van der Waals surface area contributed by atoms with Crippen LogP contribution in [0.5, 0.6) is 0 Å².